The molecule has 0 aromatic carbocycles. The zero-order chi connectivity index (χ0) is 21.3. The van der Waals surface area contributed by atoms with Crippen LogP contribution in [0.25, 0.3) is 0 Å². The van der Waals surface area contributed by atoms with Crippen LogP contribution in [0, 0.1) is 0 Å². The fraction of sp³-hybridized carbons (Fsp3) is 0.579. The van der Waals surface area contributed by atoms with Gasteiger partial charge in [0.2, 0.25) is 5.95 Å². The van der Waals surface area contributed by atoms with Gasteiger partial charge in [0.05, 0.1) is 51.5 Å². The molecule has 2 N–H and O–H groups in total. The van der Waals surface area contributed by atoms with E-state index in [0.717, 1.165) is 19.3 Å². The van der Waals surface area contributed by atoms with E-state index in [0.29, 0.717) is 40.5 Å². The van der Waals surface area contributed by atoms with E-state index >= 15 is 0 Å². The highest BCUT2D eigenvalue weighted by atomic mass is 35.5. The monoisotopic (exact) mass is 454 g/mol. The van der Waals surface area contributed by atoms with Crippen LogP contribution in [-0.2, 0) is 10.8 Å². The predicted molar refractivity (Wildman–Crippen MR) is 113 cm³/mol. The van der Waals surface area contributed by atoms with Gasteiger partial charge in [0.15, 0.2) is 0 Å². The molecule has 0 bridgehead atoms. The van der Waals surface area contributed by atoms with Crippen molar-refractivity contribution in [2.24, 2.45) is 0 Å². The Bertz CT molecular complexity index is 924. The van der Waals surface area contributed by atoms with Crippen molar-refractivity contribution in [3.63, 3.8) is 0 Å². The Morgan fingerprint density at radius 2 is 2.07 bits per heavy atom. The third kappa shape index (κ3) is 4.26. The van der Waals surface area contributed by atoms with Gasteiger partial charge in [-0.15, -0.1) is 0 Å². The standard InChI is InChI=1S/C19H24ClFN6O2S/c1-30(29)15-9-24-18(25-17(15)26-19(11-28)4-2-5-19)27-6-3-13(14(21)10-27)16-22-7-12(20)8-23-16/h7-9,13-14,28H,2-6,10-11H2,1H3,(H,24,25,26)/t13?,14?,30-/m1/s1. The van der Waals surface area contributed by atoms with E-state index in [1.54, 1.807) is 11.2 Å². The summed E-state index contributed by atoms with van der Waals surface area (Å²) in [5, 5.41) is 13.5. The van der Waals surface area contributed by atoms with E-state index in [1.165, 1.54) is 18.6 Å². The summed E-state index contributed by atoms with van der Waals surface area (Å²) in [5.41, 5.74) is -0.443. The Kier molecular flexibility index (Phi) is 6.17. The number of nitrogens with zero attached hydrogens (tertiary/aromatic N) is 5. The highest BCUT2D eigenvalue weighted by molar-refractivity contribution is 7.84. The lowest BCUT2D eigenvalue weighted by atomic mass is 9.77. The number of aliphatic hydroxyl groups excluding tert-OH is 1. The van der Waals surface area contributed by atoms with Gasteiger partial charge in [-0.3, -0.25) is 4.21 Å². The summed E-state index contributed by atoms with van der Waals surface area (Å²) in [5.74, 6) is 0.845. The fourth-order valence-corrected chi connectivity index (χ4v) is 4.55. The van der Waals surface area contributed by atoms with Gasteiger partial charge in [-0.2, -0.15) is 4.98 Å². The van der Waals surface area contributed by atoms with Gasteiger partial charge in [-0.25, -0.2) is 19.3 Å². The molecule has 0 amide bonds. The van der Waals surface area contributed by atoms with Crippen molar-refractivity contribution in [2.75, 3.05) is 36.2 Å². The van der Waals surface area contributed by atoms with E-state index in [2.05, 4.69) is 25.3 Å². The first-order valence-electron chi connectivity index (χ1n) is 9.87. The second kappa shape index (κ2) is 8.68. The van der Waals surface area contributed by atoms with Crippen LogP contribution in [0.1, 0.15) is 37.4 Å². The van der Waals surface area contributed by atoms with Crippen molar-refractivity contribution in [1.29, 1.82) is 0 Å². The van der Waals surface area contributed by atoms with E-state index in [4.69, 9.17) is 11.6 Å². The van der Waals surface area contributed by atoms with Crippen LogP contribution in [-0.4, -0.2) is 66.9 Å². The highest BCUT2D eigenvalue weighted by Gasteiger charge is 2.38. The third-order valence-electron chi connectivity index (χ3n) is 5.85. The summed E-state index contributed by atoms with van der Waals surface area (Å²) in [6.45, 7) is 0.618. The van der Waals surface area contributed by atoms with Crippen LogP contribution < -0.4 is 10.2 Å². The lowest BCUT2D eigenvalue weighted by molar-refractivity contribution is 0.143. The number of alkyl halides is 1. The molecule has 4 rings (SSSR count). The summed E-state index contributed by atoms with van der Waals surface area (Å²) in [4.78, 5) is 19.5. The number of aromatic nitrogens is 4. The number of hydrogen-bond donors (Lipinski definition) is 2. The molecule has 0 radical (unpaired) electrons. The molecular weight excluding hydrogens is 431 g/mol. The number of nitrogens with one attached hydrogen (secondary N) is 1. The Balaban J connectivity index is 1.53. The van der Waals surface area contributed by atoms with Crippen molar-refractivity contribution in [3.8, 4) is 0 Å². The maximum Gasteiger partial charge on any atom is 0.227 e. The van der Waals surface area contributed by atoms with Crippen LogP contribution >= 0.6 is 11.6 Å². The molecule has 1 aliphatic heterocycles. The fourth-order valence-electron chi connectivity index (χ4n) is 3.88. The van der Waals surface area contributed by atoms with Gasteiger partial charge in [-0.1, -0.05) is 11.6 Å². The third-order valence-corrected chi connectivity index (χ3v) is 6.96. The molecule has 2 aromatic rings. The second-order valence-corrected chi connectivity index (χ2v) is 9.66. The Morgan fingerprint density at radius 1 is 1.33 bits per heavy atom. The largest absolute Gasteiger partial charge is 0.394 e. The van der Waals surface area contributed by atoms with Gasteiger partial charge in [0, 0.05) is 25.2 Å². The van der Waals surface area contributed by atoms with Crippen molar-refractivity contribution >= 4 is 34.2 Å². The van der Waals surface area contributed by atoms with Crippen LogP contribution in [0.4, 0.5) is 16.2 Å². The Morgan fingerprint density at radius 3 is 2.63 bits per heavy atom. The zero-order valence-corrected chi connectivity index (χ0v) is 18.2. The van der Waals surface area contributed by atoms with Gasteiger partial charge >= 0.3 is 0 Å². The van der Waals surface area contributed by atoms with Crippen molar-refractivity contribution in [2.45, 2.75) is 48.2 Å². The number of anilines is 2. The predicted octanol–water partition coefficient (Wildman–Crippen LogP) is 2.32. The van der Waals surface area contributed by atoms with Crippen molar-refractivity contribution in [1.82, 2.24) is 19.9 Å². The summed E-state index contributed by atoms with van der Waals surface area (Å²) < 4.78 is 27.1. The Hall–Kier alpha value is -1.91. The van der Waals surface area contributed by atoms with Crippen LogP contribution in [0.3, 0.4) is 0 Å². The first-order valence-corrected chi connectivity index (χ1v) is 11.8. The molecular formula is C19H24ClFN6O2S. The van der Waals surface area contributed by atoms with E-state index in [1.807, 2.05) is 0 Å². The van der Waals surface area contributed by atoms with Gasteiger partial charge < -0.3 is 15.3 Å². The topological polar surface area (TPSA) is 104 Å². The van der Waals surface area contributed by atoms with Crippen molar-refractivity contribution < 1.29 is 13.7 Å². The maximum atomic E-state index is 15.0. The number of hydrogen-bond acceptors (Lipinski definition) is 8. The highest BCUT2D eigenvalue weighted by Crippen LogP contribution is 2.36. The van der Waals surface area contributed by atoms with Gasteiger partial charge in [0.25, 0.3) is 0 Å². The molecule has 0 spiro atoms. The van der Waals surface area contributed by atoms with E-state index in [-0.39, 0.29) is 13.2 Å². The van der Waals surface area contributed by atoms with Crippen LogP contribution in [0.5, 0.6) is 0 Å². The minimum Gasteiger partial charge on any atom is -0.394 e. The van der Waals surface area contributed by atoms with Crippen LogP contribution in [0.15, 0.2) is 23.5 Å². The van der Waals surface area contributed by atoms with E-state index < -0.39 is 28.4 Å². The smallest absolute Gasteiger partial charge is 0.227 e. The lowest BCUT2D eigenvalue weighted by Crippen LogP contribution is -2.49. The molecule has 30 heavy (non-hydrogen) atoms. The second-order valence-electron chi connectivity index (χ2n) is 7.87. The molecule has 2 fully saturated rings. The molecule has 2 aromatic heterocycles. The molecule has 2 unspecified atom stereocenters. The molecule has 8 nitrogen and oxygen atoms in total. The Labute approximate surface area is 181 Å². The minimum atomic E-state index is -1.30. The normalized spacial score (nSPS) is 24.2. The molecule has 11 heteroatoms. The quantitative estimate of drug-likeness (QED) is 0.685. The first kappa shape index (κ1) is 21.3. The number of halogens is 2. The summed E-state index contributed by atoms with van der Waals surface area (Å²) in [7, 11) is -1.30. The summed E-state index contributed by atoms with van der Waals surface area (Å²) in [6.07, 6.45) is 8.01. The summed E-state index contributed by atoms with van der Waals surface area (Å²) in [6, 6.07) is 0. The number of aliphatic hydroxyl groups is 1. The van der Waals surface area contributed by atoms with Gasteiger partial charge in [-0.05, 0) is 25.7 Å². The zero-order valence-electron chi connectivity index (χ0n) is 16.6. The average Bonchev–Trinajstić information content (AvgIpc) is 2.71. The maximum absolute atomic E-state index is 15.0. The molecule has 2 aliphatic rings. The van der Waals surface area contributed by atoms with E-state index in [9.17, 15) is 13.7 Å². The SMILES string of the molecule is C[S@@](=O)c1cnc(N2CCC(c3ncc(Cl)cn3)C(F)C2)nc1NC1(CO)CCC1. The van der Waals surface area contributed by atoms with Crippen LogP contribution in [0.2, 0.25) is 5.02 Å². The summed E-state index contributed by atoms with van der Waals surface area (Å²) >= 11 is 5.82. The van der Waals surface area contributed by atoms with Crippen molar-refractivity contribution in [3.05, 3.63) is 29.4 Å². The van der Waals surface area contributed by atoms with Gasteiger partial charge in [0.1, 0.15) is 17.8 Å². The lowest BCUT2D eigenvalue weighted by Gasteiger charge is -2.42. The molecule has 162 valence electrons. The molecule has 3 atom stereocenters. The molecule has 1 saturated carbocycles. The molecule has 1 aliphatic carbocycles. The average molecular weight is 455 g/mol. The minimum absolute atomic E-state index is 0.0266. The molecule has 3 heterocycles. The first-order chi connectivity index (χ1) is 14.4. The number of piperidine rings is 1. The number of rotatable bonds is 6. The molecule has 1 saturated heterocycles.